The van der Waals surface area contributed by atoms with E-state index >= 15 is 0 Å². The van der Waals surface area contributed by atoms with Gasteiger partial charge in [0.25, 0.3) is 0 Å². The predicted octanol–water partition coefficient (Wildman–Crippen LogP) is -0.445. The highest BCUT2D eigenvalue weighted by Gasteiger charge is 2.40. The summed E-state index contributed by atoms with van der Waals surface area (Å²) >= 11 is 0. The predicted molar refractivity (Wildman–Crippen MR) is 74.0 cm³/mol. The first-order chi connectivity index (χ1) is 9.48. The van der Waals surface area contributed by atoms with Crippen molar-refractivity contribution < 1.29 is 13.5 Å². The van der Waals surface area contributed by atoms with Crippen LogP contribution in [0.25, 0.3) is 0 Å². The highest BCUT2D eigenvalue weighted by atomic mass is 32.2. The summed E-state index contributed by atoms with van der Waals surface area (Å²) in [4.78, 5) is 10.9. The van der Waals surface area contributed by atoms with E-state index in [2.05, 4.69) is 9.97 Å². The van der Waals surface area contributed by atoms with Crippen LogP contribution >= 0.6 is 0 Å². The van der Waals surface area contributed by atoms with Crippen LogP contribution in [0, 0.1) is 0 Å². The summed E-state index contributed by atoms with van der Waals surface area (Å²) in [6, 6.07) is -0.298. The first kappa shape index (κ1) is 13.9. The van der Waals surface area contributed by atoms with E-state index in [1.807, 2.05) is 18.0 Å². The summed E-state index contributed by atoms with van der Waals surface area (Å²) in [5.74, 6) is 0.741. The molecule has 0 saturated carbocycles. The molecular formula is C13H19N3O3S. The van der Waals surface area contributed by atoms with Crippen LogP contribution in [0.15, 0.2) is 6.20 Å². The lowest BCUT2D eigenvalue weighted by Crippen LogP contribution is -2.45. The van der Waals surface area contributed by atoms with Crippen LogP contribution in [0.4, 0.5) is 0 Å². The van der Waals surface area contributed by atoms with Crippen molar-refractivity contribution in [2.75, 3.05) is 18.1 Å². The number of fused-ring (bicyclic) bond motifs is 1. The minimum absolute atomic E-state index is 0.0508. The molecule has 0 radical (unpaired) electrons. The van der Waals surface area contributed by atoms with Crippen molar-refractivity contribution in [2.24, 2.45) is 0 Å². The Labute approximate surface area is 118 Å². The Morgan fingerprint density at radius 2 is 2.25 bits per heavy atom. The molecule has 1 fully saturated rings. The summed E-state index contributed by atoms with van der Waals surface area (Å²) < 4.78 is 23.3. The third-order valence-electron chi connectivity index (χ3n) is 4.10. The van der Waals surface area contributed by atoms with Crippen LogP contribution < -0.4 is 0 Å². The highest BCUT2D eigenvalue weighted by molar-refractivity contribution is 7.91. The number of aliphatic hydroxyl groups is 1. The van der Waals surface area contributed by atoms with Gasteiger partial charge in [0.1, 0.15) is 5.82 Å². The Balaban J connectivity index is 1.81. The van der Waals surface area contributed by atoms with E-state index in [1.54, 1.807) is 0 Å². The summed E-state index contributed by atoms with van der Waals surface area (Å²) in [7, 11) is -3.11. The molecule has 2 aliphatic rings. The summed E-state index contributed by atoms with van der Waals surface area (Å²) in [6.07, 6.45) is 2.69. The van der Waals surface area contributed by atoms with Crippen LogP contribution in [0.1, 0.15) is 24.0 Å². The number of rotatable bonds is 2. The van der Waals surface area contributed by atoms with E-state index in [0.29, 0.717) is 6.54 Å². The number of hydrogen-bond donors (Lipinski definition) is 1. The zero-order valence-electron chi connectivity index (χ0n) is 11.5. The van der Waals surface area contributed by atoms with Gasteiger partial charge in [-0.1, -0.05) is 6.92 Å². The minimum atomic E-state index is -3.11. The number of aryl methyl sites for hydroxylation is 1. The molecule has 110 valence electrons. The Morgan fingerprint density at radius 3 is 2.90 bits per heavy atom. The van der Waals surface area contributed by atoms with E-state index < -0.39 is 15.9 Å². The fraction of sp³-hybridized carbons (Fsp3) is 0.692. The van der Waals surface area contributed by atoms with Crippen molar-refractivity contribution >= 4 is 9.84 Å². The summed E-state index contributed by atoms with van der Waals surface area (Å²) in [5.41, 5.74) is 2.10. The Morgan fingerprint density at radius 1 is 1.45 bits per heavy atom. The van der Waals surface area contributed by atoms with Crippen molar-refractivity contribution in [1.82, 2.24) is 14.9 Å². The molecule has 0 amide bonds. The lowest BCUT2D eigenvalue weighted by molar-refractivity contribution is 0.0735. The van der Waals surface area contributed by atoms with Crippen LogP contribution in [-0.2, 0) is 29.2 Å². The summed E-state index contributed by atoms with van der Waals surface area (Å²) in [5, 5.41) is 9.97. The van der Waals surface area contributed by atoms with Crippen molar-refractivity contribution in [3.05, 3.63) is 23.3 Å². The van der Waals surface area contributed by atoms with Crippen LogP contribution in [-0.4, -0.2) is 58.6 Å². The van der Waals surface area contributed by atoms with Gasteiger partial charge < -0.3 is 5.11 Å². The fourth-order valence-corrected chi connectivity index (χ4v) is 4.81. The van der Waals surface area contributed by atoms with Gasteiger partial charge in [-0.15, -0.1) is 0 Å². The van der Waals surface area contributed by atoms with Gasteiger partial charge >= 0.3 is 0 Å². The molecule has 2 aliphatic heterocycles. The van der Waals surface area contributed by atoms with Gasteiger partial charge in [-0.2, -0.15) is 0 Å². The number of aliphatic hydroxyl groups excluding tert-OH is 1. The van der Waals surface area contributed by atoms with Gasteiger partial charge in [-0.3, -0.25) is 4.90 Å². The summed E-state index contributed by atoms with van der Waals surface area (Å²) in [6.45, 7) is 3.36. The molecule has 3 rings (SSSR count). The molecular weight excluding hydrogens is 278 g/mol. The Hall–Kier alpha value is -1.05. The number of hydrogen-bond acceptors (Lipinski definition) is 6. The SMILES string of the molecule is CCc1ncc2c(n1)CN([C@@H]1CS(=O)(=O)C[C@@H]1O)CC2. The zero-order valence-corrected chi connectivity index (χ0v) is 12.3. The number of nitrogens with zero attached hydrogens (tertiary/aromatic N) is 3. The molecule has 1 saturated heterocycles. The van der Waals surface area contributed by atoms with Crippen molar-refractivity contribution in [3.8, 4) is 0 Å². The fourth-order valence-electron chi connectivity index (χ4n) is 2.98. The topological polar surface area (TPSA) is 83.4 Å². The smallest absolute Gasteiger partial charge is 0.154 e. The Bertz CT molecular complexity index is 617. The molecule has 3 heterocycles. The quantitative estimate of drug-likeness (QED) is 0.796. The lowest BCUT2D eigenvalue weighted by atomic mass is 10.0. The second-order valence-corrected chi connectivity index (χ2v) is 7.70. The molecule has 1 aromatic rings. The highest BCUT2D eigenvalue weighted by Crippen LogP contribution is 2.24. The van der Waals surface area contributed by atoms with Gasteiger partial charge in [-0.25, -0.2) is 18.4 Å². The van der Waals surface area contributed by atoms with Crippen molar-refractivity contribution in [3.63, 3.8) is 0 Å². The van der Waals surface area contributed by atoms with Gasteiger partial charge in [0.15, 0.2) is 9.84 Å². The largest absolute Gasteiger partial charge is 0.390 e. The van der Waals surface area contributed by atoms with Gasteiger partial charge in [0, 0.05) is 25.7 Å². The molecule has 6 nitrogen and oxygen atoms in total. The molecule has 0 spiro atoms. The van der Waals surface area contributed by atoms with E-state index in [1.165, 1.54) is 0 Å². The normalized spacial score (nSPS) is 29.3. The number of sulfone groups is 1. The van der Waals surface area contributed by atoms with E-state index in [0.717, 1.165) is 36.5 Å². The second-order valence-electron chi connectivity index (χ2n) is 5.54. The molecule has 0 aromatic carbocycles. The molecule has 1 N–H and O–H groups in total. The molecule has 0 bridgehead atoms. The van der Waals surface area contributed by atoms with E-state index in [-0.39, 0.29) is 17.5 Å². The van der Waals surface area contributed by atoms with Crippen LogP contribution in [0.5, 0.6) is 0 Å². The molecule has 0 unspecified atom stereocenters. The van der Waals surface area contributed by atoms with Gasteiger partial charge in [0.05, 0.1) is 29.3 Å². The maximum absolute atomic E-state index is 11.6. The third kappa shape index (κ3) is 2.57. The average molecular weight is 297 g/mol. The van der Waals surface area contributed by atoms with Crippen LogP contribution in [0.2, 0.25) is 0 Å². The van der Waals surface area contributed by atoms with Crippen molar-refractivity contribution in [1.29, 1.82) is 0 Å². The van der Waals surface area contributed by atoms with Gasteiger partial charge in [-0.05, 0) is 12.0 Å². The first-order valence-electron chi connectivity index (χ1n) is 6.94. The Kier molecular flexibility index (Phi) is 3.51. The van der Waals surface area contributed by atoms with Crippen molar-refractivity contribution in [2.45, 2.75) is 38.5 Å². The monoisotopic (exact) mass is 297 g/mol. The maximum atomic E-state index is 11.6. The molecule has 0 aliphatic carbocycles. The van der Waals surface area contributed by atoms with E-state index in [9.17, 15) is 13.5 Å². The van der Waals surface area contributed by atoms with Crippen LogP contribution in [0.3, 0.4) is 0 Å². The number of aromatic nitrogens is 2. The lowest BCUT2D eigenvalue weighted by Gasteiger charge is -2.33. The second kappa shape index (κ2) is 5.05. The molecule has 1 aromatic heterocycles. The molecule has 7 heteroatoms. The maximum Gasteiger partial charge on any atom is 0.154 e. The third-order valence-corrected chi connectivity index (χ3v) is 5.80. The molecule has 20 heavy (non-hydrogen) atoms. The first-order valence-corrected chi connectivity index (χ1v) is 8.77. The zero-order chi connectivity index (χ0) is 14.3. The van der Waals surface area contributed by atoms with Gasteiger partial charge in [0.2, 0.25) is 0 Å². The minimum Gasteiger partial charge on any atom is -0.390 e. The standard InChI is InChI=1S/C13H19N3O3S/c1-2-13-14-5-9-3-4-16(6-10(9)15-13)11-7-20(18,19)8-12(11)17/h5,11-12,17H,2-4,6-8H2,1H3/t11-,12+/m1/s1. The van der Waals surface area contributed by atoms with E-state index in [4.69, 9.17) is 0 Å². The average Bonchev–Trinajstić information content (AvgIpc) is 2.70. The molecule has 2 atom stereocenters.